The molecule has 0 bridgehead atoms. The summed E-state index contributed by atoms with van der Waals surface area (Å²) in [7, 11) is 4.07. The Morgan fingerprint density at radius 3 is 2.54 bits per heavy atom. The Morgan fingerprint density at radius 2 is 1.93 bits per heavy atom. The number of benzene rings is 1. The van der Waals surface area contributed by atoms with Crippen LogP contribution in [-0.4, -0.2) is 53.9 Å². The van der Waals surface area contributed by atoms with E-state index in [2.05, 4.69) is 4.98 Å². The number of hydrogen-bond donors (Lipinski definition) is 2. The van der Waals surface area contributed by atoms with E-state index < -0.39 is 17.7 Å². The van der Waals surface area contributed by atoms with Gasteiger partial charge in [0.05, 0.1) is 32.3 Å². The molecule has 1 aromatic heterocycles. The SMILES string of the molecule is C[NH+](C)CCCN1C(=O)C(=O)C(=C(O)c2ccc(Cl)cc2)[C@@H]1c1cccnc1. The lowest BCUT2D eigenvalue weighted by Crippen LogP contribution is -3.05. The van der Waals surface area contributed by atoms with Gasteiger partial charge >= 0.3 is 0 Å². The van der Waals surface area contributed by atoms with Crippen LogP contribution in [0, 0.1) is 0 Å². The Kier molecular flexibility index (Phi) is 6.11. The smallest absolute Gasteiger partial charge is 0.295 e. The fraction of sp³-hybridized carbons (Fsp3) is 0.286. The second-order valence-electron chi connectivity index (χ2n) is 7.10. The standard InChI is InChI=1S/C21H22ClN3O3/c1-24(2)11-4-12-25-18(15-5-3-10-23-13-15)17(20(27)21(25)28)19(26)14-6-8-16(22)9-7-14/h3,5-10,13,18,26H,4,11-12H2,1-2H3/p+1/t18-/m0/s1. The summed E-state index contributed by atoms with van der Waals surface area (Å²) in [5, 5.41) is 11.4. The van der Waals surface area contributed by atoms with Crippen LogP contribution in [0.1, 0.15) is 23.6 Å². The minimum Gasteiger partial charge on any atom is -0.507 e. The molecule has 0 saturated carbocycles. The zero-order valence-electron chi connectivity index (χ0n) is 15.9. The van der Waals surface area contributed by atoms with Crippen LogP contribution < -0.4 is 4.90 Å². The third-order valence-electron chi connectivity index (χ3n) is 4.73. The van der Waals surface area contributed by atoms with Gasteiger partial charge in [-0.1, -0.05) is 17.7 Å². The van der Waals surface area contributed by atoms with Crippen LogP contribution in [0.4, 0.5) is 0 Å². The highest BCUT2D eigenvalue weighted by atomic mass is 35.5. The molecule has 1 aliphatic heterocycles. The number of ketones is 1. The van der Waals surface area contributed by atoms with E-state index in [4.69, 9.17) is 11.6 Å². The number of aliphatic hydroxyl groups is 1. The first-order valence-corrected chi connectivity index (χ1v) is 9.51. The molecule has 1 saturated heterocycles. The van der Waals surface area contributed by atoms with Crippen LogP contribution in [0.25, 0.3) is 5.76 Å². The third-order valence-corrected chi connectivity index (χ3v) is 4.99. The van der Waals surface area contributed by atoms with Crippen LogP contribution in [0.5, 0.6) is 0 Å². The monoisotopic (exact) mass is 400 g/mol. The number of halogens is 1. The molecule has 1 aromatic carbocycles. The molecule has 1 amide bonds. The number of likely N-dealkylation sites (tertiary alicyclic amines) is 1. The molecule has 1 fully saturated rings. The first-order valence-electron chi connectivity index (χ1n) is 9.13. The molecule has 7 heteroatoms. The zero-order chi connectivity index (χ0) is 20.3. The minimum atomic E-state index is -0.682. The van der Waals surface area contributed by atoms with Gasteiger partial charge in [-0.05, 0) is 35.9 Å². The van der Waals surface area contributed by atoms with Crippen molar-refractivity contribution >= 4 is 29.1 Å². The molecule has 0 radical (unpaired) electrons. The summed E-state index contributed by atoms with van der Waals surface area (Å²) < 4.78 is 0. The maximum atomic E-state index is 12.8. The molecule has 1 atom stereocenters. The number of rotatable bonds is 6. The summed E-state index contributed by atoms with van der Waals surface area (Å²) in [4.78, 5) is 32.5. The van der Waals surface area contributed by atoms with E-state index in [1.807, 2.05) is 20.2 Å². The summed E-state index contributed by atoms with van der Waals surface area (Å²) in [6.07, 6.45) is 3.99. The highest BCUT2D eigenvalue weighted by Gasteiger charge is 2.45. The highest BCUT2D eigenvalue weighted by Crippen LogP contribution is 2.39. The number of amides is 1. The summed E-state index contributed by atoms with van der Waals surface area (Å²) in [5.74, 6) is -1.48. The highest BCUT2D eigenvalue weighted by molar-refractivity contribution is 6.46. The molecule has 6 nitrogen and oxygen atoms in total. The van der Waals surface area contributed by atoms with E-state index in [1.54, 1.807) is 42.7 Å². The predicted octanol–water partition coefficient (Wildman–Crippen LogP) is 1.69. The lowest BCUT2D eigenvalue weighted by atomic mass is 9.96. The van der Waals surface area contributed by atoms with E-state index in [0.717, 1.165) is 13.0 Å². The van der Waals surface area contributed by atoms with Gasteiger partial charge in [-0.25, -0.2) is 0 Å². The summed E-state index contributed by atoms with van der Waals surface area (Å²) >= 11 is 5.92. The Hall–Kier alpha value is -2.70. The van der Waals surface area contributed by atoms with Gasteiger partial charge in [0.1, 0.15) is 5.76 Å². The third kappa shape index (κ3) is 4.08. The van der Waals surface area contributed by atoms with Crippen molar-refractivity contribution in [3.8, 4) is 0 Å². The Bertz CT molecular complexity index is 895. The van der Waals surface area contributed by atoms with Crippen molar-refractivity contribution in [2.24, 2.45) is 0 Å². The fourth-order valence-corrected chi connectivity index (χ4v) is 3.49. The zero-order valence-corrected chi connectivity index (χ0v) is 16.6. The molecular weight excluding hydrogens is 378 g/mol. The van der Waals surface area contributed by atoms with Gasteiger partial charge in [-0.3, -0.25) is 14.6 Å². The van der Waals surface area contributed by atoms with Gasteiger partial charge in [-0.15, -0.1) is 0 Å². The number of nitrogens with one attached hydrogen (secondary N) is 1. The Labute approximate surface area is 169 Å². The first kappa shape index (κ1) is 20.0. The van der Waals surface area contributed by atoms with Crippen LogP contribution in [0.2, 0.25) is 5.02 Å². The van der Waals surface area contributed by atoms with Crippen molar-refractivity contribution in [3.63, 3.8) is 0 Å². The summed E-state index contributed by atoms with van der Waals surface area (Å²) in [6, 6.07) is 9.41. The number of quaternary nitrogens is 1. The molecule has 0 spiro atoms. The van der Waals surface area contributed by atoms with Gasteiger partial charge in [0.25, 0.3) is 11.7 Å². The molecular formula is C21H23ClN3O3+. The first-order chi connectivity index (χ1) is 13.4. The molecule has 2 aromatic rings. The van der Waals surface area contributed by atoms with Crippen molar-refractivity contribution in [3.05, 3.63) is 70.5 Å². The number of carbonyl (C=O) groups is 2. The predicted molar refractivity (Wildman–Crippen MR) is 107 cm³/mol. The van der Waals surface area contributed by atoms with Crippen LogP contribution in [0.3, 0.4) is 0 Å². The number of carbonyl (C=O) groups excluding carboxylic acids is 2. The molecule has 2 heterocycles. The quantitative estimate of drug-likeness (QED) is 0.439. The maximum Gasteiger partial charge on any atom is 0.295 e. The number of pyridine rings is 1. The maximum absolute atomic E-state index is 12.8. The van der Waals surface area contributed by atoms with Crippen LogP contribution in [0.15, 0.2) is 54.4 Å². The van der Waals surface area contributed by atoms with E-state index in [1.165, 1.54) is 9.80 Å². The number of aliphatic hydroxyl groups excluding tert-OH is 1. The average molecular weight is 401 g/mol. The van der Waals surface area contributed by atoms with Gasteiger partial charge in [0, 0.05) is 35.9 Å². The van der Waals surface area contributed by atoms with Crippen molar-refractivity contribution in [1.82, 2.24) is 9.88 Å². The summed E-state index contributed by atoms with van der Waals surface area (Å²) in [5.41, 5.74) is 1.21. The lowest BCUT2D eigenvalue weighted by Gasteiger charge is -2.25. The van der Waals surface area contributed by atoms with Gasteiger partial charge in [0.15, 0.2) is 0 Å². The van der Waals surface area contributed by atoms with Gasteiger partial charge in [-0.2, -0.15) is 0 Å². The van der Waals surface area contributed by atoms with Crippen LogP contribution >= 0.6 is 11.6 Å². The molecule has 2 N–H and O–H groups in total. The number of Topliss-reactive ketones (excluding diaryl/α,β-unsaturated/α-hetero) is 1. The topological polar surface area (TPSA) is 74.9 Å². The molecule has 0 aliphatic carbocycles. The van der Waals surface area contributed by atoms with E-state index >= 15 is 0 Å². The van der Waals surface area contributed by atoms with E-state index in [0.29, 0.717) is 22.7 Å². The second-order valence-corrected chi connectivity index (χ2v) is 7.53. The van der Waals surface area contributed by atoms with Gasteiger partial charge in [0.2, 0.25) is 0 Å². The van der Waals surface area contributed by atoms with E-state index in [-0.39, 0.29) is 11.3 Å². The minimum absolute atomic E-state index is 0.0810. The van der Waals surface area contributed by atoms with Crippen LogP contribution in [-0.2, 0) is 9.59 Å². The molecule has 1 aliphatic rings. The lowest BCUT2D eigenvalue weighted by molar-refractivity contribution is -0.858. The molecule has 146 valence electrons. The van der Waals surface area contributed by atoms with Crippen molar-refractivity contribution in [2.45, 2.75) is 12.5 Å². The van der Waals surface area contributed by atoms with E-state index in [9.17, 15) is 14.7 Å². The normalized spacial score (nSPS) is 18.9. The molecule has 28 heavy (non-hydrogen) atoms. The summed E-state index contributed by atoms with van der Waals surface area (Å²) in [6.45, 7) is 1.28. The van der Waals surface area contributed by atoms with Crippen molar-refractivity contribution < 1.29 is 19.6 Å². The number of hydrogen-bond acceptors (Lipinski definition) is 4. The van der Waals surface area contributed by atoms with Crippen molar-refractivity contribution in [1.29, 1.82) is 0 Å². The Balaban J connectivity index is 2.06. The number of aromatic nitrogens is 1. The average Bonchev–Trinajstić information content (AvgIpc) is 2.93. The van der Waals surface area contributed by atoms with Crippen molar-refractivity contribution in [2.75, 3.05) is 27.2 Å². The largest absolute Gasteiger partial charge is 0.507 e. The Morgan fingerprint density at radius 1 is 1.21 bits per heavy atom. The van der Waals surface area contributed by atoms with Gasteiger partial charge < -0.3 is 14.9 Å². The number of nitrogens with zero attached hydrogens (tertiary/aromatic N) is 2. The molecule has 3 rings (SSSR count). The molecule has 0 unspecified atom stereocenters. The fourth-order valence-electron chi connectivity index (χ4n) is 3.36. The second kappa shape index (κ2) is 8.54.